The Hall–Kier alpha value is -2.32. The van der Waals surface area contributed by atoms with Crippen molar-refractivity contribution in [3.8, 4) is 12.3 Å². The SMILES string of the molecule is C#CCN(CC(=O)O)C(=O)C(C)C(N)c1ccccc1. The highest BCUT2D eigenvalue weighted by atomic mass is 16.4. The fraction of sp³-hybridized carbons (Fsp3) is 0.333. The molecule has 1 amide bonds. The second-order valence-corrected chi connectivity index (χ2v) is 4.52. The maximum absolute atomic E-state index is 12.3. The smallest absolute Gasteiger partial charge is 0.323 e. The first-order valence-electron chi connectivity index (χ1n) is 6.22. The van der Waals surface area contributed by atoms with E-state index in [1.54, 1.807) is 6.92 Å². The topological polar surface area (TPSA) is 83.6 Å². The molecule has 0 radical (unpaired) electrons. The Morgan fingerprint density at radius 2 is 2.00 bits per heavy atom. The molecule has 0 saturated heterocycles. The predicted molar refractivity (Wildman–Crippen MR) is 75.6 cm³/mol. The fourth-order valence-electron chi connectivity index (χ4n) is 1.89. The summed E-state index contributed by atoms with van der Waals surface area (Å²) in [5.74, 6) is 0.276. The Bertz CT molecular complexity index is 508. The summed E-state index contributed by atoms with van der Waals surface area (Å²) in [6, 6.07) is 8.69. The van der Waals surface area contributed by atoms with Crippen LogP contribution < -0.4 is 5.73 Å². The van der Waals surface area contributed by atoms with Crippen molar-refractivity contribution in [2.24, 2.45) is 11.7 Å². The molecule has 1 rings (SSSR count). The van der Waals surface area contributed by atoms with Gasteiger partial charge in [-0.3, -0.25) is 9.59 Å². The summed E-state index contributed by atoms with van der Waals surface area (Å²) in [5.41, 5.74) is 6.88. The van der Waals surface area contributed by atoms with E-state index in [-0.39, 0.29) is 12.5 Å². The lowest BCUT2D eigenvalue weighted by atomic mass is 9.94. The van der Waals surface area contributed by atoms with Gasteiger partial charge in [-0.2, -0.15) is 0 Å². The quantitative estimate of drug-likeness (QED) is 0.754. The van der Waals surface area contributed by atoms with Crippen molar-refractivity contribution < 1.29 is 14.7 Å². The second kappa shape index (κ2) is 7.31. The van der Waals surface area contributed by atoms with Gasteiger partial charge >= 0.3 is 5.97 Å². The van der Waals surface area contributed by atoms with Gasteiger partial charge in [0.15, 0.2) is 0 Å². The highest BCUT2D eigenvalue weighted by molar-refractivity contribution is 5.83. The summed E-state index contributed by atoms with van der Waals surface area (Å²) < 4.78 is 0. The van der Waals surface area contributed by atoms with Gasteiger partial charge in [-0.25, -0.2) is 0 Å². The van der Waals surface area contributed by atoms with E-state index in [0.717, 1.165) is 10.5 Å². The standard InChI is InChI=1S/C15H18N2O3/c1-3-9-17(10-13(18)19)15(20)11(2)14(16)12-7-5-4-6-8-12/h1,4-8,11,14H,9-10,16H2,2H3,(H,18,19). The summed E-state index contributed by atoms with van der Waals surface area (Å²) in [4.78, 5) is 24.1. The summed E-state index contributed by atoms with van der Waals surface area (Å²) in [6.45, 7) is 1.21. The van der Waals surface area contributed by atoms with Crippen molar-refractivity contribution in [3.63, 3.8) is 0 Å². The highest BCUT2D eigenvalue weighted by Gasteiger charge is 2.27. The van der Waals surface area contributed by atoms with Crippen molar-refractivity contribution in [1.29, 1.82) is 0 Å². The molecule has 3 N–H and O–H groups in total. The number of nitrogens with zero attached hydrogens (tertiary/aromatic N) is 1. The number of carboxylic acids is 1. The minimum Gasteiger partial charge on any atom is -0.480 e. The van der Waals surface area contributed by atoms with Crippen LogP contribution in [0.1, 0.15) is 18.5 Å². The van der Waals surface area contributed by atoms with Crippen LogP contribution in [0, 0.1) is 18.3 Å². The monoisotopic (exact) mass is 274 g/mol. The van der Waals surface area contributed by atoms with E-state index in [0.29, 0.717) is 0 Å². The van der Waals surface area contributed by atoms with Crippen LogP contribution in [0.5, 0.6) is 0 Å². The van der Waals surface area contributed by atoms with Crippen LogP contribution in [0.2, 0.25) is 0 Å². The van der Waals surface area contributed by atoms with Gasteiger partial charge in [-0.1, -0.05) is 43.2 Å². The van der Waals surface area contributed by atoms with Gasteiger partial charge in [0, 0.05) is 6.04 Å². The Balaban J connectivity index is 2.83. The molecule has 2 unspecified atom stereocenters. The van der Waals surface area contributed by atoms with Crippen molar-refractivity contribution in [3.05, 3.63) is 35.9 Å². The van der Waals surface area contributed by atoms with E-state index in [4.69, 9.17) is 17.3 Å². The van der Waals surface area contributed by atoms with Gasteiger partial charge in [-0.15, -0.1) is 6.42 Å². The molecule has 0 fully saturated rings. The molecule has 2 atom stereocenters. The lowest BCUT2D eigenvalue weighted by Crippen LogP contribution is -2.42. The van der Waals surface area contributed by atoms with Crippen LogP contribution in [0.3, 0.4) is 0 Å². The molecule has 106 valence electrons. The Kier molecular flexibility index (Phi) is 5.75. The Morgan fingerprint density at radius 3 is 2.50 bits per heavy atom. The van der Waals surface area contributed by atoms with Gasteiger partial charge in [0.05, 0.1) is 12.5 Å². The molecule has 0 spiro atoms. The second-order valence-electron chi connectivity index (χ2n) is 4.52. The summed E-state index contributed by atoms with van der Waals surface area (Å²) >= 11 is 0. The van der Waals surface area contributed by atoms with Crippen LogP contribution in [0.15, 0.2) is 30.3 Å². The third kappa shape index (κ3) is 4.11. The van der Waals surface area contributed by atoms with Crippen LogP contribution in [0.4, 0.5) is 0 Å². The van der Waals surface area contributed by atoms with E-state index in [1.807, 2.05) is 30.3 Å². The van der Waals surface area contributed by atoms with Crippen LogP contribution in [0.25, 0.3) is 0 Å². The molecule has 1 aromatic carbocycles. The van der Waals surface area contributed by atoms with Gasteiger partial charge in [0.25, 0.3) is 0 Å². The Morgan fingerprint density at radius 1 is 1.40 bits per heavy atom. The predicted octanol–water partition coefficient (Wildman–Crippen LogP) is 0.869. The number of amides is 1. The van der Waals surface area contributed by atoms with Crippen LogP contribution in [-0.2, 0) is 9.59 Å². The van der Waals surface area contributed by atoms with E-state index in [9.17, 15) is 9.59 Å². The average molecular weight is 274 g/mol. The van der Waals surface area contributed by atoms with E-state index in [1.165, 1.54) is 0 Å². The van der Waals surface area contributed by atoms with Gasteiger partial charge < -0.3 is 15.7 Å². The summed E-state index contributed by atoms with van der Waals surface area (Å²) in [5, 5.41) is 8.80. The van der Waals surface area contributed by atoms with Gasteiger partial charge in [0.2, 0.25) is 5.91 Å². The van der Waals surface area contributed by atoms with Crippen molar-refractivity contribution >= 4 is 11.9 Å². The minimum atomic E-state index is -1.10. The summed E-state index contributed by atoms with van der Waals surface area (Å²) in [7, 11) is 0. The molecular weight excluding hydrogens is 256 g/mol. The van der Waals surface area contributed by atoms with E-state index in [2.05, 4.69) is 5.92 Å². The first-order valence-corrected chi connectivity index (χ1v) is 6.22. The van der Waals surface area contributed by atoms with Crippen LogP contribution >= 0.6 is 0 Å². The average Bonchev–Trinajstić information content (AvgIpc) is 2.45. The molecule has 0 aliphatic rings. The molecule has 0 aliphatic heterocycles. The van der Waals surface area contributed by atoms with Gasteiger partial charge in [-0.05, 0) is 5.56 Å². The third-order valence-corrected chi connectivity index (χ3v) is 3.03. The fourth-order valence-corrected chi connectivity index (χ4v) is 1.89. The molecule has 20 heavy (non-hydrogen) atoms. The normalized spacial score (nSPS) is 13.1. The number of carboxylic acid groups (broad SMARTS) is 1. The minimum absolute atomic E-state index is 0.0447. The molecule has 0 saturated carbocycles. The van der Waals surface area contributed by atoms with E-state index >= 15 is 0 Å². The molecule has 0 heterocycles. The number of aliphatic carboxylic acids is 1. The maximum Gasteiger partial charge on any atom is 0.323 e. The molecule has 1 aromatic rings. The Labute approximate surface area is 118 Å². The van der Waals surface area contributed by atoms with Crippen molar-refractivity contribution in [1.82, 2.24) is 4.90 Å². The summed E-state index contributed by atoms with van der Waals surface area (Å²) in [6.07, 6.45) is 5.16. The number of nitrogens with two attached hydrogens (primary N) is 1. The maximum atomic E-state index is 12.3. The molecule has 5 nitrogen and oxygen atoms in total. The number of carbonyl (C=O) groups excluding carboxylic acids is 1. The number of hydrogen-bond donors (Lipinski definition) is 2. The first kappa shape index (κ1) is 15.7. The largest absolute Gasteiger partial charge is 0.480 e. The number of benzene rings is 1. The lowest BCUT2D eigenvalue weighted by molar-refractivity contribution is -0.145. The number of rotatable bonds is 6. The number of terminal acetylenes is 1. The highest BCUT2D eigenvalue weighted by Crippen LogP contribution is 2.20. The van der Waals surface area contributed by atoms with E-state index < -0.39 is 24.5 Å². The lowest BCUT2D eigenvalue weighted by Gasteiger charge is -2.26. The zero-order chi connectivity index (χ0) is 15.1. The molecule has 5 heteroatoms. The molecule has 0 aliphatic carbocycles. The van der Waals surface area contributed by atoms with Crippen molar-refractivity contribution in [2.45, 2.75) is 13.0 Å². The molecule has 0 aromatic heterocycles. The zero-order valence-electron chi connectivity index (χ0n) is 11.3. The number of hydrogen-bond acceptors (Lipinski definition) is 3. The first-order chi connectivity index (χ1) is 9.47. The van der Waals surface area contributed by atoms with Crippen LogP contribution in [-0.4, -0.2) is 35.0 Å². The van der Waals surface area contributed by atoms with Crippen molar-refractivity contribution in [2.75, 3.05) is 13.1 Å². The van der Waals surface area contributed by atoms with Gasteiger partial charge in [0.1, 0.15) is 6.54 Å². The zero-order valence-corrected chi connectivity index (χ0v) is 11.3. The molecular formula is C15H18N2O3. The molecule has 0 bridgehead atoms. The third-order valence-electron chi connectivity index (χ3n) is 3.03. The number of carbonyl (C=O) groups is 2.